The molecule has 5 heteroatoms. The summed E-state index contributed by atoms with van der Waals surface area (Å²) < 4.78 is 0. The molecule has 21 heavy (non-hydrogen) atoms. The minimum atomic E-state index is 0.0352. The van der Waals surface area contributed by atoms with Crippen LogP contribution in [0.3, 0.4) is 0 Å². The fourth-order valence-corrected chi connectivity index (χ4v) is 3.62. The van der Waals surface area contributed by atoms with Gasteiger partial charge in [-0.2, -0.15) is 0 Å². The van der Waals surface area contributed by atoms with Gasteiger partial charge in [-0.3, -0.25) is 9.69 Å². The zero-order valence-electron chi connectivity index (χ0n) is 12.2. The lowest BCUT2D eigenvalue weighted by molar-refractivity contribution is 0.0609. The number of anilines is 1. The molecule has 114 valence electrons. The third-order valence-electron chi connectivity index (χ3n) is 4.58. The van der Waals surface area contributed by atoms with Crippen LogP contribution in [0.1, 0.15) is 36.0 Å². The van der Waals surface area contributed by atoms with Gasteiger partial charge in [0.1, 0.15) is 0 Å². The molecule has 2 aliphatic rings. The summed E-state index contributed by atoms with van der Waals surface area (Å²) in [7, 11) is 0. The number of piperidine rings is 1. The summed E-state index contributed by atoms with van der Waals surface area (Å²) in [6.45, 7) is 4.00. The van der Waals surface area contributed by atoms with Crippen molar-refractivity contribution in [2.45, 2.75) is 31.7 Å². The van der Waals surface area contributed by atoms with E-state index in [9.17, 15) is 4.79 Å². The van der Waals surface area contributed by atoms with Gasteiger partial charge < -0.3 is 10.6 Å². The van der Waals surface area contributed by atoms with Crippen molar-refractivity contribution in [1.82, 2.24) is 9.80 Å². The molecule has 0 aromatic heterocycles. The van der Waals surface area contributed by atoms with E-state index in [2.05, 4.69) is 4.90 Å². The Bertz CT molecular complexity index is 528. The quantitative estimate of drug-likeness (QED) is 0.855. The maximum absolute atomic E-state index is 12.7. The van der Waals surface area contributed by atoms with Gasteiger partial charge in [0.15, 0.2) is 0 Å². The highest BCUT2D eigenvalue weighted by atomic mass is 35.5. The predicted molar refractivity (Wildman–Crippen MR) is 85.6 cm³/mol. The van der Waals surface area contributed by atoms with Crippen LogP contribution in [0.15, 0.2) is 18.2 Å². The average Bonchev–Trinajstić information content (AvgIpc) is 3.01. The number of carbonyl (C=O) groups is 1. The Balaban J connectivity index is 1.71. The molecule has 3 rings (SSSR count). The number of hydrogen-bond donors (Lipinski definition) is 1. The van der Waals surface area contributed by atoms with Crippen molar-refractivity contribution < 1.29 is 4.79 Å². The van der Waals surface area contributed by atoms with E-state index in [-0.39, 0.29) is 5.91 Å². The Morgan fingerprint density at radius 1 is 1.19 bits per heavy atom. The molecule has 1 amide bonds. The van der Waals surface area contributed by atoms with Crippen molar-refractivity contribution in [3.8, 4) is 0 Å². The summed E-state index contributed by atoms with van der Waals surface area (Å²) in [6, 6.07) is 5.63. The minimum Gasteiger partial charge on any atom is -0.398 e. The summed E-state index contributed by atoms with van der Waals surface area (Å²) in [5, 5.41) is 0.567. The Kier molecular flexibility index (Phi) is 4.36. The molecule has 2 N–H and O–H groups in total. The van der Waals surface area contributed by atoms with Crippen molar-refractivity contribution >= 4 is 23.2 Å². The zero-order chi connectivity index (χ0) is 14.8. The number of nitrogen functional groups attached to an aromatic ring is 1. The van der Waals surface area contributed by atoms with Crippen LogP contribution >= 0.6 is 11.6 Å². The summed E-state index contributed by atoms with van der Waals surface area (Å²) in [5.41, 5.74) is 6.98. The van der Waals surface area contributed by atoms with Crippen LogP contribution in [0, 0.1) is 0 Å². The van der Waals surface area contributed by atoms with Crippen molar-refractivity contribution in [2.75, 3.05) is 31.9 Å². The van der Waals surface area contributed by atoms with Crippen molar-refractivity contribution in [1.29, 1.82) is 0 Å². The number of rotatable bonds is 2. The summed E-state index contributed by atoms with van der Waals surface area (Å²) in [5.74, 6) is 0.0352. The highest BCUT2D eigenvalue weighted by Gasteiger charge is 2.30. The summed E-state index contributed by atoms with van der Waals surface area (Å²) in [6.07, 6.45) is 4.84. The van der Waals surface area contributed by atoms with Gasteiger partial charge in [-0.1, -0.05) is 11.6 Å². The van der Waals surface area contributed by atoms with Gasteiger partial charge in [0.2, 0.25) is 0 Å². The Morgan fingerprint density at radius 2 is 1.95 bits per heavy atom. The molecule has 1 aromatic rings. The first kappa shape index (κ1) is 14.7. The average molecular weight is 308 g/mol. The predicted octanol–water partition coefficient (Wildman–Crippen LogP) is 2.62. The number of benzene rings is 1. The number of nitrogens with two attached hydrogens (primary N) is 1. The molecule has 0 spiro atoms. The molecule has 4 nitrogen and oxygen atoms in total. The van der Waals surface area contributed by atoms with Gasteiger partial charge in [0, 0.05) is 29.8 Å². The van der Waals surface area contributed by atoms with E-state index in [1.165, 1.54) is 32.4 Å². The molecule has 2 saturated heterocycles. The number of likely N-dealkylation sites (tertiary alicyclic amines) is 2. The van der Waals surface area contributed by atoms with E-state index in [0.29, 0.717) is 22.3 Å². The highest BCUT2D eigenvalue weighted by molar-refractivity contribution is 6.31. The van der Waals surface area contributed by atoms with Gasteiger partial charge in [-0.15, -0.1) is 0 Å². The third-order valence-corrected chi connectivity index (χ3v) is 4.82. The van der Waals surface area contributed by atoms with Crippen LogP contribution in [0.2, 0.25) is 5.02 Å². The largest absolute Gasteiger partial charge is 0.398 e. The molecule has 2 heterocycles. The lowest BCUT2D eigenvalue weighted by Crippen LogP contribution is -2.49. The van der Waals surface area contributed by atoms with Gasteiger partial charge in [0.05, 0.1) is 5.56 Å². The molecule has 0 aliphatic carbocycles. The van der Waals surface area contributed by atoms with Crippen molar-refractivity contribution in [2.24, 2.45) is 0 Å². The smallest absolute Gasteiger partial charge is 0.255 e. The van der Waals surface area contributed by atoms with Gasteiger partial charge in [0.25, 0.3) is 5.91 Å². The van der Waals surface area contributed by atoms with Crippen LogP contribution in [0.25, 0.3) is 0 Å². The van der Waals surface area contributed by atoms with Crippen LogP contribution < -0.4 is 5.73 Å². The van der Waals surface area contributed by atoms with Gasteiger partial charge in [-0.25, -0.2) is 0 Å². The van der Waals surface area contributed by atoms with Crippen LogP contribution in [0.4, 0.5) is 5.69 Å². The second kappa shape index (κ2) is 6.24. The first-order chi connectivity index (χ1) is 10.1. The molecule has 1 aromatic carbocycles. The highest BCUT2D eigenvalue weighted by Crippen LogP contribution is 2.24. The third kappa shape index (κ3) is 3.16. The molecule has 0 radical (unpaired) electrons. The van der Waals surface area contributed by atoms with E-state index in [1.807, 2.05) is 4.90 Å². The number of amides is 1. The van der Waals surface area contributed by atoms with Gasteiger partial charge >= 0.3 is 0 Å². The van der Waals surface area contributed by atoms with E-state index in [4.69, 9.17) is 17.3 Å². The summed E-state index contributed by atoms with van der Waals surface area (Å²) >= 11 is 5.91. The van der Waals surface area contributed by atoms with Crippen molar-refractivity contribution in [3.63, 3.8) is 0 Å². The van der Waals surface area contributed by atoms with E-state index in [1.54, 1.807) is 18.2 Å². The minimum absolute atomic E-state index is 0.0352. The monoisotopic (exact) mass is 307 g/mol. The Labute approximate surface area is 130 Å². The zero-order valence-corrected chi connectivity index (χ0v) is 13.0. The van der Waals surface area contributed by atoms with E-state index >= 15 is 0 Å². The molecule has 2 fully saturated rings. The van der Waals surface area contributed by atoms with Crippen LogP contribution in [-0.4, -0.2) is 47.9 Å². The lowest BCUT2D eigenvalue weighted by atomic mass is 10.0. The molecule has 0 saturated carbocycles. The van der Waals surface area contributed by atoms with E-state index in [0.717, 1.165) is 19.5 Å². The van der Waals surface area contributed by atoms with Crippen LogP contribution in [0.5, 0.6) is 0 Å². The molecule has 0 bridgehead atoms. The van der Waals surface area contributed by atoms with Crippen molar-refractivity contribution in [3.05, 3.63) is 28.8 Å². The Hall–Kier alpha value is -1.26. The second-order valence-corrected chi connectivity index (χ2v) is 6.46. The Morgan fingerprint density at radius 3 is 2.67 bits per heavy atom. The number of hydrogen-bond acceptors (Lipinski definition) is 3. The van der Waals surface area contributed by atoms with E-state index < -0.39 is 0 Å². The number of nitrogens with zero attached hydrogens (tertiary/aromatic N) is 2. The molecular formula is C16H22ClN3O. The molecular weight excluding hydrogens is 286 g/mol. The first-order valence-electron chi connectivity index (χ1n) is 7.73. The summed E-state index contributed by atoms with van der Waals surface area (Å²) in [4.78, 5) is 17.2. The maximum Gasteiger partial charge on any atom is 0.255 e. The normalized spacial score (nSPS) is 23.5. The molecule has 2 aliphatic heterocycles. The maximum atomic E-state index is 12.7. The SMILES string of the molecule is Nc1cc(Cl)ccc1C(=O)N1CCCC(N2CCCC2)C1. The second-order valence-electron chi connectivity index (χ2n) is 6.02. The lowest BCUT2D eigenvalue weighted by Gasteiger charge is -2.37. The fraction of sp³-hybridized carbons (Fsp3) is 0.562. The molecule has 1 unspecified atom stereocenters. The van der Waals surface area contributed by atoms with Crippen LogP contribution in [-0.2, 0) is 0 Å². The first-order valence-corrected chi connectivity index (χ1v) is 8.11. The topological polar surface area (TPSA) is 49.6 Å². The van der Waals surface area contributed by atoms with Gasteiger partial charge in [-0.05, 0) is 57.0 Å². The number of carbonyl (C=O) groups excluding carboxylic acids is 1. The fourth-order valence-electron chi connectivity index (χ4n) is 3.44. The standard InChI is InChI=1S/C16H22ClN3O/c17-12-5-6-14(15(18)10-12)16(21)20-9-3-4-13(11-20)19-7-1-2-8-19/h5-6,10,13H,1-4,7-9,11,18H2. The molecule has 1 atom stereocenters. The number of halogens is 1.